The van der Waals surface area contributed by atoms with Crippen molar-refractivity contribution < 1.29 is 36.2 Å². The number of hydrogen-bond acceptors (Lipinski definition) is 3. The molecule has 0 fully saturated rings. The molecule has 0 saturated carbocycles. The molecule has 21 heavy (non-hydrogen) atoms. The molecule has 0 radical (unpaired) electrons. The second kappa shape index (κ2) is 7.09. The van der Waals surface area contributed by atoms with Crippen LogP contribution in [0.5, 0.6) is 5.75 Å². The summed E-state index contributed by atoms with van der Waals surface area (Å²) in [5.74, 6) is -0.184. The number of ether oxygens (including phenoxy) is 2. The molecule has 0 aliphatic heterocycles. The first kappa shape index (κ1) is 17.0. The Kier molecular flexibility index (Phi) is 5.74. The van der Waals surface area contributed by atoms with E-state index in [0.717, 1.165) is 0 Å². The first-order valence-electron chi connectivity index (χ1n) is 5.73. The van der Waals surface area contributed by atoms with Crippen LogP contribution in [0.4, 0.5) is 26.7 Å². The predicted molar refractivity (Wildman–Crippen MR) is 62.0 cm³/mol. The van der Waals surface area contributed by atoms with E-state index < -0.39 is 31.5 Å². The normalized spacial score (nSPS) is 12.9. The topological polar surface area (TPSA) is 47.6 Å². The van der Waals surface area contributed by atoms with Crippen LogP contribution in [0.15, 0.2) is 24.3 Å². The van der Waals surface area contributed by atoms with Crippen molar-refractivity contribution in [2.45, 2.75) is 25.8 Å². The second-order valence-electron chi connectivity index (χ2n) is 3.97. The van der Waals surface area contributed by atoms with Gasteiger partial charge in [0.1, 0.15) is 5.75 Å². The molecule has 1 N–H and O–H groups in total. The number of carbonyl (C=O) groups is 1. The number of alkyl halides is 5. The molecule has 9 heteroatoms. The molecule has 1 aromatic carbocycles. The van der Waals surface area contributed by atoms with Gasteiger partial charge in [0.15, 0.2) is 6.61 Å². The van der Waals surface area contributed by atoms with E-state index in [1.54, 1.807) is 0 Å². The average Bonchev–Trinajstić information content (AvgIpc) is 2.35. The largest absolute Gasteiger partial charge is 0.440 e. The minimum atomic E-state index is -4.64. The van der Waals surface area contributed by atoms with Gasteiger partial charge in [0.25, 0.3) is 0 Å². The zero-order valence-corrected chi connectivity index (χ0v) is 10.8. The van der Waals surface area contributed by atoms with Crippen LogP contribution in [0.2, 0.25) is 0 Å². The Morgan fingerprint density at radius 1 is 1.29 bits per heavy atom. The van der Waals surface area contributed by atoms with Crippen molar-refractivity contribution in [1.29, 1.82) is 0 Å². The Labute approximate surface area is 116 Å². The quantitative estimate of drug-likeness (QED) is 0.844. The van der Waals surface area contributed by atoms with E-state index in [2.05, 4.69) is 14.8 Å². The highest BCUT2D eigenvalue weighted by molar-refractivity contribution is 5.68. The number of nitrogens with one attached hydrogen (secondary N) is 1. The van der Waals surface area contributed by atoms with Crippen molar-refractivity contribution in [3.63, 3.8) is 0 Å². The number of alkyl carbamates (subject to hydrolysis) is 1. The highest BCUT2D eigenvalue weighted by Crippen LogP contribution is 2.26. The third kappa shape index (κ3) is 6.28. The Morgan fingerprint density at radius 3 is 2.48 bits per heavy atom. The van der Waals surface area contributed by atoms with Gasteiger partial charge in [-0.05, 0) is 13.0 Å². The van der Waals surface area contributed by atoms with E-state index >= 15 is 0 Å². The first-order valence-corrected chi connectivity index (χ1v) is 5.73. The molecule has 1 rings (SSSR count). The standard InChI is InChI=1S/C12H12F5NO3/c1-7(18-11(19)20-6-12(15,16)17)8-4-2-3-5-9(8)21-10(13)14/h2-5,7,10H,6H2,1H3,(H,18,19). The number of amides is 1. The van der Waals surface area contributed by atoms with Crippen molar-refractivity contribution in [2.24, 2.45) is 0 Å². The summed E-state index contributed by atoms with van der Waals surface area (Å²) in [4.78, 5) is 11.2. The van der Waals surface area contributed by atoms with Gasteiger partial charge < -0.3 is 14.8 Å². The van der Waals surface area contributed by atoms with Crippen molar-refractivity contribution in [2.75, 3.05) is 6.61 Å². The smallest absolute Gasteiger partial charge is 0.422 e. The van der Waals surface area contributed by atoms with E-state index in [1.807, 2.05) is 0 Å². The highest BCUT2D eigenvalue weighted by atomic mass is 19.4. The lowest BCUT2D eigenvalue weighted by Gasteiger charge is -2.18. The number of rotatable bonds is 5. The molecule has 1 unspecified atom stereocenters. The summed E-state index contributed by atoms with van der Waals surface area (Å²) in [5.41, 5.74) is 0.182. The summed E-state index contributed by atoms with van der Waals surface area (Å²) in [6.07, 6.45) is -5.95. The zero-order chi connectivity index (χ0) is 16.0. The van der Waals surface area contributed by atoms with Gasteiger partial charge in [-0.15, -0.1) is 0 Å². The zero-order valence-electron chi connectivity index (χ0n) is 10.8. The van der Waals surface area contributed by atoms with Gasteiger partial charge in [-0.1, -0.05) is 18.2 Å². The minimum Gasteiger partial charge on any atom is -0.440 e. The second-order valence-corrected chi connectivity index (χ2v) is 3.97. The Bertz CT molecular complexity index is 478. The molecule has 0 aliphatic rings. The van der Waals surface area contributed by atoms with Gasteiger partial charge in [-0.2, -0.15) is 22.0 Å². The summed E-state index contributed by atoms with van der Waals surface area (Å²) >= 11 is 0. The van der Waals surface area contributed by atoms with Gasteiger partial charge in [0.05, 0.1) is 6.04 Å². The summed E-state index contributed by atoms with van der Waals surface area (Å²) < 4.78 is 68.3. The fourth-order valence-corrected chi connectivity index (χ4v) is 1.49. The van der Waals surface area contributed by atoms with Crippen LogP contribution in [0.3, 0.4) is 0 Å². The molecule has 0 bridgehead atoms. The molecule has 0 heterocycles. The molecular weight excluding hydrogens is 301 g/mol. The number of para-hydroxylation sites is 1. The number of hydrogen-bond donors (Lipinski definition) is 1. The van der Waals surface area contributed by atoms with Crippen molar-refractivity contribution >= 4 is 6.09 Å². The molecule has 0 aliphatic carbocycles. The van der Waals surface area contributed by atoms with Crippen LogP contribution in [0.1, 0.15) is 18.5 Å². The Morgan fingerprint density at radius 2 is 1.90 bits per heavy atom. The van der Waals surface area contributed by atoms with Crippen molar-refractivity contribution in [1.82, 2.24) is 5.32 Å². The maximum absolute atomic E-state index is 12.2. The molecule has 0 spiro atoms. The van der Waals surface area contributed by atoms with E-state index in [1.165, 1.54) is 31.2 Å². The maximum Gasteiger partial charge on any atom is 0.422 e. The fourth-order valence-electron chi connectivity index (χ4n) is 1.49. The lowest BCUT2D eigenvalue weighted by molar-refractivity contribution is -0.160. The lowest BCUT2D eigenvalue weighted by atomic mass is 10.1. The summed E-state index contributed by atoms with van der Waals surface area (Å²) in [6, 6.07) is 4.72. The molecule has 1 aromatic rings. The SMILES string of the molecule is CC(NC(=O)OCC(F)(F)F)c1ccccc1OC(F)F. The predicted octanol–water partition coefficient (Wildman–Crippen LogP) is 3.64. The van der Waals surface area contributed by atoms with Crippen molar-refractivity contribution in [3.8, 4) is 5.75 Å². The van der Waals surface area contributed by atoms with E-state index in [4.69, 9.17) is 0 Å². The Hall–Kier alpha value is -2.06. The van der Waals surface area contributed by atoms with Crippen LogP contribution in [-0.4, -0.2) is 25.5 Å². The van der Waals surface area contributed by atoms with Gasteiger partial charge in [-0.3, -0.25) is 0 Å². The molecular formula is C12H12F5NO3. The number of halogens is 5. The van der Waals surface area contributed by atoms with E-state index in [9.17, 15) is 26.7 Å². The minimum absolute atomic E-state index is 0.182. The van der Waals surface area contributed by atoms with Crippen LogP contribution < -0.4 is 10.1 Å². The molecule has 0 aromatic heterocycles. The highest BCUT2D eigenvalue weighted by Gasteiger charge is 2.30. The van der Waals surface area contributed by atoms with E-state index in [0.29, 0.717) is 0 Å². The van der Waals surface area contributed by atoms with Crippen LogP contribution >= 0.6 is 0 Å². The molecule has 1 atom stereocenters. The average molecular weight is 313 g/mol. The van der Waals surface area contributed by atoms with Crippen LogP contribution in [0.25, 0.3) is 0 Å². The third-order valence-corrected chi connectivity index (χ3v) is 2.30. The molecule has 1 amide bonds. The lowest BCUT2D eigenvalue weighted by Crippen LogP contribution is -2.31. The maximum atomic E-state index is 12.2. The molecule has 4 nitrogen and oxygen atoms in total. The number of carbonyl (C=O) groups excluding carboxylic acids is 1. The van der Waals surface area contributed by atoms with Gasteiger partial charge in [0.2, 0.25) is 0 Å². The summed E-state index contributed by atoms with van der Waals surface area (Å²) in [7, 11) is 0. The first-order chi connectivity index (χ1) is 9.69. The summed E-state index contributed by atoms with van der Waals surface area (Å²) in [6.45, 7) is -3.40. The van der Waals surface area contributed by atoms with Gasteiger partial charge in [0, 0.05) is 5.56 Å². The van der Waals surface area contributed by atoms with Crippen LogP contribution in [0, 0.1) is 0 Å². The van der Waals surface area contributed by atoms with Gasteiger partial charge >= 0.3 is 18.9 Å². The van der Waals surface area contributed by atoms with Crippen molar-refractivity contribution in [3.05, 3.63) is 29.8 Å². The Balaban J connectivity index is 2.67. The van der Waals surface area contributed by atoms with Crippen LogP contribution in [-0.2, 0) is 4.74 Å². The molecule has 118 valence electrons. The number of benzene rings is 1. The van der Waals surface area contributed by atoms with E-state index in [-0.39, 0.29) is 11.3 Å². The monoisotopic (exact) mass is 313 g/mol. The van der Waals surface area contributed by atoms with Gasteiger partial charge in [-0.25, -0.2) is 4.79 Å². The summed E-state index contributed by atoms with van der Waals surface area (Å²) in [5, 5.41) is 2.10. The fraction of sp³-hybridized carbons (Fsp3) is 0.417. The third-order valence-electron chi connectivity index (χ3n) is 2.30. The molecule has 0 saturated heterocycles.